The molecule has 2 amide bonds. The Morgan fingerprint density at radius 1 is 0.966 bits per heavy atom. The molecule has 2 heterocycles. The minimum Gasteiger partial charge on any atom is -0.351 e. The van der Waals surface area contributed by atoms with Gasteiger partial charge in [-0.25, -0.2) is 0 Å². The SMILES string of the molecule is O=C(CCCNC(=O)c1cccs1)Nc1ccccc1N1CCc2ccccc21. The molecule has 0 aliphatic carbocycles. The summed E-state index contributed by atoms with van der Waals surface area (Å²) in [5.41, 5.74) is 4.36. The molecule has 2 N–H and O–H groups in total. The molecule has 0 spiro atoms. The molecule has 4 rings (SSSR count). The van der Waals surface area contributed by atoms with Gasteiger partial charge < -0.3 is 15.5 Å². The predicted molar refractivity (Wildman–Crippen MR) is 118 cm³/mol. The van der Waals surface area contributed by atoms with E-state index in [-0.39, 0.29) is 11.8 Å². The summed E-state index contributed by atoms with van der Waals surface area (Å²) in [5.74, 6) is -0.131. The molecule has 0 saturated heterocycles. The highest BCUT2D eigenvalue weighted by Crippen LogP contribution is 2.38. The van der Waals surface area contributed by atoms with Crippen LogP contribution in [0.25, 0.3) is 0 Å². The van der Waals surface area contributed by atoms with Crippen molar-refractivity contribution in [2.24, 2.45) is 0 Å². The fourth-order valence-corrected chi connectivity index (χ4v) is 4.20. The third-order valence-corrected chi connectivity index (χ3v) is 5.84. The molecule has 1 aromatic heterocycles. The number of rotatable bonds is 7. The van der Waals surface area contributed by atoms with Crippen molar-refractivity contribution in [3.8, 4) is 0 Å². The maximum absolute atomic E-state index is 12.5. The van der Waals surface area contributed by atoms with Crippen LogP contribution in [0.1, 0.15) is 28.1 Å². The second kappa shape index (κ2) is 8.92. The van der Waals surface area contributed by atoms with Gasteiger partial charge in [0.15, 0.2) is 0 Å². The molecule has 2 aromatic carbocycles. The predicted octanol–water partition coefficient (Wildman–Crippen LogP) is 4.59. The van der Waals surface area contributed by atoms with Gasteiger partial charge in [-0.05, 0) is 48.1 Å². The first-order valence-corrected chi connectivity index (χ1v) is 10.7. The van der Waals surface area contributed by atoms with Crippen LogP contribution >= 0.6 is 11.3 Å². The minimum absolute atomic E-state index is 0.0460. The van der Waals surface area contributed by atoms with Crippen molar-refractivity contribution in [2.45, 2.75) is 19.3 Å². The fourth-order valence-electron chi connectivity index (χ4n) is 3.56. The summed E-state index contributed by atoms with van der Waals surface area (Å²) in [6.07, 6.45) is 1.95. The van der Waals surface area contributed by atoms with Crippen molar-refractivity contribution in [1.29, 1.82) is 0 Å². The lowest BCUT2D eigenvalue weighted by atomic mass is 10.1. The molecule has 0 radical (unpaired) electrons. The van der Waals surface area contributed by atoms with Gasteiger partial charge in [-0.1, -0.05) is 36.4 Å². The molecule has 0 saturated carbocycles. The van der Waals surface area contributed by atoms with Crippen molar-refractivity contribution in [3.05, 3.63) is 76.5 Å². The van der Waals surface area contributed by atoms with E-state index < -0.39 is 0 Å². The van der Waals surface area contributed by atoms with Gasteiger partial charge in [-0.15, -0.1) is 11.3 Å². The van der Waals surface area contributed by atoms with Gasteiger partial charge in [0.1, 0.15) is 0 Å². The van der Waals surface area contributed by atoms with Crippen LogP contribution in [0.15, 0.2) is 66.0 Å². The van der Waals surface area contributed by atoms with E-state index in [1.165, 1.54) is 22.6 Å². The summed E-state index contributed by atoms with van der Waals surface area (Å²) in [4.78, 5) is 27.3. The largest absolute Gasteiger partial charge is 0.351 e. The van der Waals surface area contributed by atoms with E-state index in [4.69, 9.17) is 0 Å². The van der Waals surface area contributed by atoms with Crippen molar-refractivity contribution < 1.29 is 9.59 Å². The molecule has 0 bridgehead atoms. The van der Waals surface area contributed by atoms with Crippen LogP contribution in [0, 0.1) is 0 Å². The third kappa shape index (κ3) is 4.49. The fraction of sp³-hybridized carbons (Fsp3) is 0.217. The van der Waals surface area contributed by atoms with Gasteiger partial charge in [0, 0.05) is 25.2 Å². The van der Waals surface area contributed by atoms with Crippen LogP contribution in [0.3, 0.4) is 0 Å². The van der Waals surface area contributed by atoms with Crippen molar-refractivity contribution in [2.75, 3.05) is 23.3 Å². The molecular formula is C23H23N3O2S. The van der Waals surface area contributed by atoms with E-state index in [0.29, 0.717) is 24.3 Å². The average Bonchev–Trinajstić information content (AvgIpc) is 3.42. The molecule has 3 aromatic rings. The molecule has 0 fully saturated rings. The van der Waals surface area contributed by atoms with E-state index in [1.54, 1.807) is 6.07 Å². The standard InChI is InChI=1S/C23H23N3O2S/c27-22(12-5-14-24-23(28)21-11-6-16-29-21)25-18-8-2-4-10-20(18)26-15-13-17-7-1-3-9-19(17)26/h1-4,6-11,16H,5,12-15H2,(H,24,28)(H,25,27). The average molecular weight is 406 g/mol. The highest BCUT2D eigenvalue weighted by molar-refractivity contribution is 7.12. The molecule has 6 heteroatoms. The van der Waals surface area contributed by atoms with Crippen LogP contribution in [-0.4, -0.2) is 24.9 Å². The Hall–Kier alpha value is -3.12. The molecule has 148 valence electrons. The number of thiophene rings is 1. The molecular weight excluding hydrogens is 382 g/mol. The third-order valence-electron chi connectivity index (χ3n) is 4.97. The van der Waals surface area contributed by atoms with Crippen LogP contribution in [0.5, 0.6) is 0 Å². The number of para-hydroxylation sites is 3. The van der Waals surface area contributed by atoms with Crippen molar-refractivity contribution in [1.82, 2.24) is 5.32 Å². The minimum atomic E-state index is -0.0848. The second-order valence-electron chi connectivity index (χ2n) is 6.93. The van der Waals surface area contributed by atoms with E-state index in [2.05, 4.69) is 33.7 Å². The highest BCUT2D eigenvalue weighted by Gasteiger charge is 2.22. The Labute approximate surface area is 174 Å². The lowest BCUT2D eigenvalue weighted by Crippen LogP contribution is -2.25. The molecule has 29 heavy (non-hydrogen) atoms. The summed E-state index contributed by atoms with van der Waals surface area (Å²) in [5, 5.41) is 7.77. The number of fused-ring (bicyclic) bond motifs is 1. The Kier molecular flexibility index (Phi) is 5.91. The number of hydrogen-bond acceptors (Lipinski definition) is 4. The quantitative estimate of drug-likeness (QED) is 0.565. The maximum atomic E-state index is 12.5. The van der Waals surface area contributed by atoms with E-state index in [1.807, 2.05) is 41.8 Å². The summed E-state index contributed by atoms with van der Waals surface area (Å²) in [6, 6.07) is 19.9. The van der Waals surface area contributed by atoms with Gasteiger partial charge in [-0.2, -0.15) is 0 Å². The zero-order valence-electron chi connectivity index (χ0n) is 16.1. The summed E-state index contributed by atoms with van der Waals surface area (Å²) < 4.78 is 0. The monoisotopic (exact) mass is 405 g/mol. The summed E-state index contributed by atoms with van der Waals surface area (Å²) in [6.45, 7) is 1.38. The van der Waals surface area contributed by atoms with Crippen LogP contribution in [0.2, 0.25) is 0 Å². The van der Waals surface area contributed by atoms with Gasteiger partial charge >= 0.3 is 0 Å². The van der Waals surface area contributed by atoms with Crippen LogP contribution in [-0.2, 0) is 11.2 Å². The van der Waals surface area contributed by atoms with Gasteiger partial charge in [0.05, 0.1) is 16.3 Å². The van der Waals surface area contributed by atoms with Crippen LogP contribution in [0.4, 0.5) is 17.1 Å². The van der Waals surface area contributed by atoms with Crippen molar-refractivity contribution >= 4 is 40.2 Å². The van der Waals surface area contributed by atoms with Gasteiger partial charge in [-0.3, -0.25) is 9.59 Å². The molecule has 5 nitrogen and oxygen atoms in total. The van der Waals surface area contributed by atoms with E-state index in [0.717, 1.165) is 24.3 Å². The topological polar surface area (TPSA) is 61.4 Å². The zero-order chi connectivity index (χ0) is 20.1. The Bertz CT molecular complexity index is 1000. The lowest BCUT2D eigenvalue weighted by Gasteiger charge is -2.23. The van der Waals surface area contributed by atoms with Gasteiger partial charge in [0.25, 0.3) is 5.91 Å². The first-order chi connectivity index (χ1) is 14.2. The number of benzene rings is 2. The first kappa shape index (κ1) is 19.2. The summed E-state index contributed by atoms with van der Waals surface area (Å²) >= 11 is 1.41. The number of nitrogens with one attached hydrogen (secondary N) is 2. The van der Waals surface area contributed by atoms with Crippen LogP contribution < -0.4 is 15.5 Å². The Morgan fingerprint density at radius 2 is 1.76 bits per heavy atom. The maximum Gasteiger partial charge on any atom is 0.261 e. The second-order valence-corrected chi connectivity index (χ2v) is 7.88. The van der Waals surface area contributed by atoms with E-state index in [9.17, 15) is 9.59 Å². The molecule has 0 atom stereocenters. The molecule has 0 unspecified atom stereocenters. The summed E-state index contributed by atoms with van der Waals surface area (Å²) in [7, 11) is 0. The Balaban J connectivity index is 1.33. The van der Waals surface area contributed by atoms with Crippen molar-refractivity contribution in [3.63, 3.8) is 0 Å². The first-order valence-electron chi connectivity index (χ1n) is 9.78. The number of carbonyl (C=O) groups is 2. The van der Waals surface area contributed by atoms with E-state index >= 15 is 0 Å². The zero-order valence-corrected chi connectivity index (χ0v) is 16.9. The normalized spacial score (nSPS) is 12.5. The number of nitrogens with zero attached hydrogens (tertiary/aromatic N) is 1. The number of carbonyl (C=O) groups excluding carboxylic acids is 2. The Morgan fingerprint density at radius 3 is 2.59 bits per heavy atom. The lowest BCUT2D eigenvalue weighted by molar-refractivity contribution is -0.116. The number of hydrogen-bond donors (Lipinski definition) is 2. The number of amides is 2. The highest BCUT2D eigenvalue weighted by atomic mass is 32.1. The molecule has 1 aliphatic rings. The van der Waals surface area contributed by atoms with Gasteiger partial charge in [0.2, 0.25) is 5.91 Å². The number of anilines is 3. The molecule has 1 aliphatic heterocycles. The smallest absolute Gasteiger partial charge is 0.261 e.